The van der Waals surface area contributed by atoms with Crippen molar-refractivity contribution >= 4 is 33.8 Å². The minimum Gasteiger partial charge on any atom is -0.462 e. The van der Waals surface area contributed by atoms with E-state index in [0.29, 0.717) is 22.9 Å². The number of unbranched alkanes of at least 4 members (excludes halogenated alkanes) is 1. The van der Waals surface area contributed by atoms with Crippen LogP contribution in [0.1, 0.15) is 60.3 Å². The minimum absolute atomic E-state index is 0.347. The Morgan fingerprint density at radius 1 is 1.18 bits per heavy atom. The maximum absolute atomic E-state index is 12.1. The maximum atomic E-state index is 12.1. The molecule has 0 saturated carbocycles. The highest BCUT2D eigenvalue weighted by Gasteiger charge is 2.41. The highest BCUT2D eigenvalue weighted by atomic mass is 32.3. The fourth-order valence-electron chi connectivity index (χ4n) is 4.54. The fourth-order valence-corrected chi connectivity index (χ4v) is 6.30. The van der Waals surface area contributed by atoms with Crippen molar-refractivity contribution in [3.8, 4) is 5.75 Å². The Labute approximate surface area is 229 Å². The van der Waals surface area contributed by atoms with E-state index in [1.807, 2.05) is 55.4 Å². The Kier molecular flexibility index (Phi) is 9.41. The zero-order valence-corrected chi connectivity index (χ0v) is 24.5. The van der Waals surface area contributed by atoms with Gasteiger partial charge in [0.05, 0.1) is 29.3 Å². The second-order valence-corrected chi connectivity index (χ2v) is 12.7. The second-order valence-electron chi connectivity index (χ2n) is 10.9. The van der Waals surface area contributed by atoms with Crippen molar-refractivity contribution in [2.24, 2.45) is 0 Å². The lowest BCUT2D eigenvalue weighted by Gasteiger charge is -2.42. The molecule has 1 aliphatic rings. The summed E-state index contributed by atoms with van der Waals surface area (Å²) in [5.41, 5.74) is 1.26. The predicted molar refractivity (Wildman–Crippen MR) is 157 cm³/mol. The number of nitrogens with one attached hydrogen (secondary N) is 1. The molecule has 0 amide bonds. The molecule has 2 aromatic carbocycles. The first-order valence-electron chi connectivity index (χ1n) is 13.1. The minimum atomic E-state index is -3.41. The van der Waals surface area contributed by atoms with E-state index in [4.69, 9.17) is 9.47 Å². The molecule has 8 nitrogen and oxygen atoms in total. The molecule has 0 bridgehead atoms. The molecule has 38 heavy (non-hydrogen) atoms. The van der Waals surface area contributed by atoms with Gasteiger partial charge in [-0.3, -0.25) is 9.11 Å². The summed E-state index contributed by atoms with van der Waals surface area (Å²) in [5, 5.41) is 0. The van der Waals surface area contributed by atoms with Crippen molar-refractivity contribution in [1.29, 1.82) is 0 Å². The number of rotatable bonds is 9. The molecule has 2 aromatic rings. The molecular formula is C29H43N3O5S. The van der Waals surface area contributed by atoms with Crippen molar-refractivity contribution in [1.82, 2.24) is 4.72 Å². The fraction of sp³-hybridized carbons (Fsp3) is 0.483. The zero-order valence-electron chi connectivity index (χ0n) is 23.7. The van der Waals surface area contributed by atoms with Gasteiger partial charge in [-0.25, -0.2) is 9.52 Å². The van der Waals surface area contributed by atoms with Crippen LogP contribution in [-0.4, -0.2) is 46.9 Å². The van der Waals surface area contributed by atoms with Crippen LogP contribution in [0.25, 0.3) is 0 Å². The molecule has 3 rings (SSSR count). The SMILES string of the molecule is CCCCC1(CC)CN(c2ccccc2)c2cc(N(C)C)c(O/C=C/C(=O)OC(C)(C)C)cc2S(O)(O)N1. The number of anilines is 3. The molecule has 0 aliphatic carbocycles. The summed E-state index contributed by atoms with van der Waals surface area (Å²) in [5.74, 6) is -0.135. The summed E-state index contributed by atoms with van der Waals surface area (Å²) in [4.78, 5) is 16.6. The molecule has 210 valence electrons. The summed E-state index contributed by atoms with van der Waals surface area (Å²) in [6.45, 7) is 10.2. The molecule has 1 aliphatic heterocycles. The van der Waals surface area contributed by atoms with Gasteiger partial charge in [0.15, 0.2) is 5.75 Å². The standard InChI is InChI=1S/C29H43N3O5S/c1-8-10-17-29(9-2)21-32(22-14-12-11-13-15-22)24-19-23(31(6)7)25(20-26(24)38(34,35)30-29)36-18-16-27(33)37-28(3,4)5/h11-16,18-20,30,34-35H,8-10,17,21H2,1-7H3/b18-16+. The first-order valence-corrected chi connectivity index (χ1v) is 14.7. The number of para-hydroxylation sites is 1. The summed E-state index contributed by atoms with van der Waals surface area (Å²) in [7, 11) is 0.379. The largest absolute Gasteiger partial charge is 0.462 e. The van der Waals surface area contributed by atoms with E-state index in [-0.39, 0.29) is 0 Å². The van der Waals surface area contributed by atoms with Gasteiger partial charge in [0.2, 0.25) is 0 Å². The molecule has 1 atom stereocenters. The smallest absolute Gasteiger partial charge is 0.334 e. The van der Waals surface area contributed by atoms with Gasteiger partial charge < -0.3 is 19.3 Å². The highest BCUT2D eigenvalue weighted by Crippen LogP contribution is 2.57. The van der Waals surface area contributed by atoms with Crippen molar-refractivity contribution in [3.05, 3.63) is 54.8 Å². The van der Waals surface area contributed by atoms with Gasteiger partial charge in [-0.15, -0.1) is 10.8 Å². The molecule has 0 spiro atoms. The molecule has 1 unspecified atom stereocenters. The lowest BCUT2D eigenvalue weighted by Crippen LogP contribution is -2.51. The van der Waals surface area contributed by atoms with Gasteiger partial charge in [-0.05, 0) is 51.8 Å². The molecule has 3 N–H and O–H groups in total. The Morgan fingerprint density at radius 2 is 1.87 bits per heavy atom. The predicted octanol–water partition coefficient (Wildman–Crippen LogP) is 7.09. The summed E-state index contributed by atoms with van der Waals surface area (Å²) < 4.78 is 37.6. The molecular weight excluding hydrogens is 502 g/mol. The lowest BCUT2D eigenvalue weighted by atomic mass is 9.89. The Balaban J connectivity index is 2.14. The van der Waals surface area contributed by atoms with Crippen LogP contribution in [0.2, 0.25) is 0 Å². The molecule has 0 saturated heterocycles. The van der Waals surface area contributed by atoms with Gasteiger partial charge in [-0.2, -0.15) is 0 Å². The number of carbonyl (C=O) groups excluding carboxylic acids is 1. The third-order valence-electron chi connectivity index (χ3n) is 6.50. The van der Waals surface area contributed by atoms with Gasteiger partial charge in [0.1, 0.15) is 10.5 Å². The van der Waals surface area contributed by atoms with E-state index >= 15 is 0 Å². The van der Waals surface area contributed by atoms with Crippen molar-refractivity contribution in [3.63, 3.8) is 0 Å². The van der Waals surface area contributed by atoms with Gasteiger partial charge in [-0.1, -0.05) is 44.9 Å². The average molecular weight is 546 g/mol. The monoisotopic (exact) mass is 545 g/mol. The van der Waals surface area contributed by atoms with Crippen LogP contribution < -0.4 is 19.3 Å². The first-order chi connectivity index (χ1) is 17.8. The van der Waals surface area contributed by atoms with Crippen molar-refractivity contribution < 1.29 is 23.4 Å². The van der Waals surface area contributed by atoms with Crippen LogP contribution in [0.15, 0.2) is 59.7 Å². The Morgan fingerprint density at radius 3 is 2.45 bits per heavy atom. The molecule has 0 aromatic heterocycles. The second kappa shape index (κ2) is 12.0. The van der Waals surface area contributed by atoms with Crippen LogP contribution in [0.4, 0.5) is 17.1 Å². The topological polar surface area (TPSA) is 94.5 Å². The van der Waals surface area contributed by atoms with Crippen LogP contribution >= 0.6 is 10.8 Å². The number of hydrogen-bond acceptors (Lipinski definition) is 8. The summed E-state index contributed by atoms with van der Waals surface area (Å²) in [6.07, 6.45) is 5.98. The molecule has 0 radical (unpaired) electrons. The normalized spacial score (nSPS) is 20.0. The van der Waals surface area contributed by atoms with Crippen LogP contribution in [0.5, 0.6) is 5.75 Å². The number of benzene rings is 2. The van der Waals surface area contributed by atoms with E-state index in [2.05, 4.69) is 23.5 Å². The Bertz CT molecular complexity index is 1130. The third kappa shape index (κ3) is 7.22. The summed E-state index contributed by atoms with van der Waals surface area (Å²) in [6, 6.07) is 13.6. The first kappa shape index (κ1) is 29.8. The van der Waals surface area contributed by atoms with E-state index in [0.717, 1.165) is 37.1 Å². The van der Waals surface area contributed by atoms with Crippen LogP contribution in [0.3, 0.4) is 0 Å². The van der Waals surface area contributed by atoms with Crippen LogP contribution in [-0.2, 0) is 9.53 Å². The lowest BCUT2D eigenvalue weighted by molar-refractivity contribution is -0.148. The average Bonchev–Trinajstić information content (AvgIpc) is 2.94. The maximum Gasteiger partial charge on any atom is 0.334 e. The highest BCUT2D eigenvalue weighted by molar-refractivity contribution is 8.22. The number of ether oxygens (including phenoxy) is 2. The van der Waals surface area contributed by atoms with Gasteiger partial charge in [0.25, 0.3) is 0 Å². The van der Waals surface area contributed by atoms with E-state index < -0.39 is 27.9 Å². The number of hydrogen-bond donors (Lipinski definition) is 3. The summed E-state index contributed by atoms with van der Waals surface area (Å²) >= 11 is 0. The van der Waals surface area contributed by atoms with E-state index in [9.17, 15) is 13.9 Å². The number of esters is 1. The van der Waals surface area contributed by atoms with Gasteiger partial charge >= 0.3 is 5.97 Å². The molecule has 9 heteroatoms. The quantitative estimate of drug-likeness (QED) is 0.175. The molecule has 1 heterocycles. The number of carbonyl (C=O) groups is 1. The number of fused-ring (bicyclic) bond motifs is 1. The third-order valence-corrected chi connectivity index (χ3v) is 8.16. The van der Waals surface area contributed by atoms with Crippen molar-refractivity contribution in [2.75, 3.05) is 30.4 Å². The van der Waals surface area contributed by atoms with Gasteiger partial charge in [0, 0.05) is 32.4 Å². The van der Waals surface area contributed by atoms with Crippen LogP contribution in [0, 0.1) is 0 Å². The number of nitrogens with zero attached hydrogens (tertiary/aromatic N) is 2. The van der Waals surface area contributed by atoms with Crippen molar-refractivity contribution in [2.45, 2.75) is 76.3 Å². The molecule has 0 fully saturated rings. The Hall–Kier alpha value is -2.72. The van der Waals surface area contributed by atoms with E-state index in [1.54, 1.807) is 26.8 Å². The zero-order chi connectivity index (χ0) is 28.1. The van der Waals surface area contributed by atoms with E-state index in [1.165, 1.54) is 12.3 Å².